The van der Waals surface area contributed by atoms with Crippen LogP contribution in [0.2, 0.25) is 0 Å². The van der Waals surface area contributed by atoms with E-state index in [1.54, 1.807) is 0 Å². The second-order valence-corrected chi connectivity index (χ2v) is 10.2. The van der Waals surface area contributed by atoms with Crippen molar-refractivity contribution >= 4 is 21.8 Å². The van der Waals surface area contributed by atoms with E-state index < -0.39 is 15.9 Å². The molecule has 1 aliphatic heterocycles. The van der Waals surface area contributed by atoms with Crippen LogP contribution in [-0.2, 0) is 27.7 Å². The number of carbonyl (C=O) groups excluding carboxylic acids is 2. The number of nitrogens with one attached hydrogen (secondary N) is 2. The zero-order chi connectivity index (χ0) is 22.4. The van der Waals surface area contributed by atoms with Crippen molar-refractivity contribution in [1.82, 2.24) is 15.2 Å². The van der Waals surface area contributed by atoms with E-state index in [-0.39, 0.29) is 22.8 Å². The second-order valence-electron chi connectivity index (χ2n) is 8.23. The number of benzene rings is 2. The number of hydrogen-bond acceptors (Lipinski definition) is 4. The van der Waals surface area contributed by atoms with Crippen LogP contribution < -0.4 is 10.9 Å². The number of hydrazine groups is 1. The molecule has 1 fully saturated rings. The molecule has 31 heavy (non-hydrogen) atoms. The molecule has 2 aromatic rings. The van der Waals surface area contributed by atoms with E-state index in [0.717, 1.165) is 24.8 Å². The van der Waals surface area contributed by atoms with Gasteiger partial charge in [0, 0.05) is 18.7 Å². The van der Waals surface area contributed by atoms with Gasteiger partial charge in [-0.3, -0.25) is 20.4 Å². The summed E-state index contributed by atoms with van der Waals surface area (Å²) >= 11 is 0. The molecule has 0 radical (unpaired) electrons. The van der Waals surface area contributed by atoms with Gasteiger partial charge in [0.1, 0.15) is 0 Å². The summed E-state index contributed by atoms with van der Waals surface area (Å²) in [6.45, 7) is 5.30. The normalized spacial score (nSPS) is 14.5. The molecule has 0 spiro atoms. The molecule has 166 valence electrons. The lowest BCUT2D eigenvalue weighted by molar-refractivity contribution is -0.121. The molecule has 1 saturated heterocycles. The van der Waals surface area contributed by atoms with E-state index in [0.29, 0.717) is 19.0 Å². The van der Waals surface area contributed by atoms with Crippen LogP contribution in [0.3, 0.4) is 0 Å². The summed E-state index contributed by atoms with van der Waals surface area (Å²) in [7, 11) is -3.61. The van der Waals surface area contributed by atoms with E-state index >= 15 is 0 Å². The first-order valence-corrected chi connectivity index (χ1v) is 12.0. The van der Waals surface area contributed by atoms with Crippen molar-refractivity contribution in [3.8, 4) is 0 Å². The Bertz CT molecular complexity index is 1030. The molecule has 3 rings (SSSR count). The molecule has 1 aliphatic rings. The third-order valence-corrected chi connectivity index (χ3v) is 7.04. The molecule has 1 heterocycles. The van der Waals surface area contributed by atoms with Crippen LogP contribution in [0, 0.1) is 5.92 Å². The Hall–Kier alpha value is -2.71. The predicted molar refractivity (Wildman–Crippen MR) is 119 cm³/mol. The van der Waals surface area contributed by atoms with Crippen molar-refractivity contribution < 1.29 is 18.0 Å². The Labute approximate surface area is 183 Å². The molecular formula is C23H29N3O4S. The third kappa shape index (κ3) is 6.15. The Kier molecular flexibility index (Phi) is 7.46. The zero-order valence-electron chi connectivity index (χ0n) is 17.9. The molecule has 0 aromatic heterocycles. The molecule has 2 aromatic carbocycles. The highest BCUT2D eigenvalue weighted by Gasteiger charge is 2.27. The van der Waals surface area contributed by atoms with Gasteiger partial charge in [-0.15, -0.1) is 0 Å². The molecule has 0 saturated carbocycles. The van der Waals surface area contributed by atoms with Crippen LogP contribution in [0.1, 0.15) is 48.2 Å². The maximum Gasteiger partial charge on any atom is 0.269 e. The largest absolute Gasteiger partial charge is 0.273 e. The van der Waals surface area contributed by atoms with Gasteiger partial charge in [0.05, 0.1) is 11.3 Å². The standard InChI is InChI=1S/C23H29N3O4S/c1-17(2)14-18-8-10-19(11-9-18)15-22(27)24-25-23(28)20-6-5-7-21(16-20)31(29,30)26-12-3-4-13-26/h5-11,16-17H,3-4,12-15H2,1-2H3,(H,24,27)(H,25,28). The Morgan fingerprint density at radius 3 is 2.26 bits per heavy atom. The maximum atomic E-state index is 12.7. The summed E-state index contributed by atoms with van der Waals surface area (Å²) in [6, 6.07) is 13.7. The van der Waals surface area contributed by atoms with Gasteiger partial charge in [-0.2, -0.15) is 4.31 Å². The van der Waals surface area contributed by atoms with Gasteiger partial charge in [-0.1, -0.05) is 44.2 Å². The predicted octanol–water partition coefficient (Wildman–Crippen LogP) is 2.67. The van der Waals surface area contributed by atoms with Crippen LogP contribution in [0.5, 0.6) is 0 Å². The Morgan fingerprint density at radius 2 is 1.61 bits per heavy atom. The third-order valence-electron chi connectivity index (χ3n) is 5.15. The Morgan fingerprint density at radius 1 is 0.968 bits per heavy atom. The topological polar surface area (TPSA) is 95.6 Å². The fourth-order valence-corrected chi connectivity index (χ4v) is 5.13. The van der Waals surface area contributed by atoms with E-state index in [1.807, 2.05) is 24.3 Å². The zero-order valence-corrected chi connectivity index (χ0v) is 18.7. The number of nitrogens with zero attached hydrogens (tertiary/aromatic N) is 1. The smallest absolute Gasteiger partial charge is 0.269 e. The van der Waals surface area contributed by atoms with Gasteiger partial charge in [0.15, 0.2) is 0 Å². The lowest BCUT2D eigenvalue weighted by Gasteiger charge is -2.16. The first-order chi connectivity index (χ1) is 14.8. The highest BCUT2D eigenvalue weighted by Crippen LogP contribution is 2.21. The van der Waals surface area contributed by atoms with Crippen LogP contribution >= 0.6 is 0 Å². The molecule has 7 nitrogen and oxygen atoms in total. The average molecular weight is 444 g/mol. The van der Waals surface area contributed by atoms with Crippen LogP contribution in [-0.4, -0.2) is 37.6 Å². The SMILES string of the molecule is CC(C)Cc1ccc(CC(=O)NNC(=O)c2cccc(S(=O)(=O)N3CCCC3)c2)cc1. The summed E-state index contributed by atoms with van der Waals surface area (Å²) in [5.74, 6) is -0.363. The summed E-state index contributed by atoms with van der Waals surface area (Å²) in [5.41, 5.74) is 6.98. The number of sulfonamides is 1. The fourth-order valence-electron chi connectivity index (χ4n) is 3.57. The molecule has 0 unspecified atom stereocenters. The van der Waals surface area contributed by atoms with Crippen LogP contribution in [0.4, 0.5) is 0 Å². The molecule has 8 heteroatoms. The fraction of sp³-hybridized carbons (Fsp3) is 0.391. The van der Waals surface area contributed by atoms with E-state index in [1.165, 1.54) is 34.1 Å². The van der Waals surface area contributed by atoms with Crippen molar-refractivity contribution in [1.29, 1.82) is 0 Å². The van der Waals surface area contributed by atoms with Gasteiger partial charge < -0.3 is 0 Å². The van der Waals surface area contributed by atoms with Gasteiger partial charge in [0.25, 0.3) is 5.91 Å². The van der Waals surface area contributed by atoms with Crippen molar-refractivity contribution in [2.45, 2.75) is 44.4 Å². The average Bonchev–Trinajstić information content (AvgIpc) is 3.29. The number of hydrogen-bond donors (Lipinski definition) is 2. The molecule has 2 amide bonds. The molecule has 0 atom stereocenters. The Balaban J connectivity index is 1.56. The monoisotopic (exact) mass is 443 g/mol. The molecule has 0 aliphatic carbocycles. The van der Waals surface area contributed by atoms with Crippen molar-refractivity contribution in [3.63, 3.8) is 0 Å². The second kappa shape index (κ2) is 10.1. The maximum absolute atomic E-state index is 12.7. The summed E-state index contributed by atoms with van der Waals surface area (Å²) in [6.07, 6.45) is 2.79. The number of carbonyl (C=O) groups is 2. The molecule has 2 N–H and O–H groups in total. The van der Waals surface area contributed by atoms with Gasteiger partial charge in [-0.05, 0) is 54.5 Å². The van der Waals surface area contributed by atoms with Crippen molar-refractivity contribution in [2.24, 2.45) is 5.92 Å². The minimum Gasteiger partial charge on any atom is -0.273 e. The first-order valence-electron chi connectivity index (χ1n) is 10.5. The quantitative estimate of drug-likeness (QED) is 0.643. The van der Waals surface area contributed by atoms with Gasteiger partial charge >= 0.3 is 0 Å². The van der Waals surface area contributed by atoms with Crippen molar-refractivity contribution in [2.75, 3.05) is 13.1 Å². The minimum atomic E-state index is -3.61. The summed E-state index contributed by atoms with van der Waals surface area (Å²) < 4.78 is 26.8. The van der Waals surface area contributed by atoms with E-state index in [9.17, 15) is 18.0 Å². The van der Waals surface area contributed by atoms with Gasteiger partial charge in [0.2, 0.25) is 15.9 Å². The lowest BCUT2D eigenvalue weighted by Crippen LogP contribution is -2.42. The lowest BCUT2D eigenvalue weighted by atomic mass is 10.0. The van der Waals surface area contributed by atoms with Crippen LogP contribution in [0.15, 0.2) is 53.4 Å². The number of amides is 2. The molecular weight excluding hydrogens is 414 g/mol. The van der Waals surface area contributed by atoms with E-state index in [4.69, 9.17) is 0 Å². The highest BCUT2D eigenvalue weighted by atomic mass is 32.2. The molecule has 0 bridgehead atoms. The number of rotatable bonds is 7. The van der Waals surface area contributed by atoms with Crippen molar-refractivity contribution in [3.05, 3.63) is 65.2 Å². The summed E-state index contributed by atoms with van der Waals surface area (Å²) in [4.78, 5) is 24.7. The first kappa shape index (κ1) is 23.0. The van der Waals surface area contributed by atoms with Crippen LogP contribution in [0.25, 0.3) is 0 Å². The summed E-state index contributed by atoms with van der Waals surface area (Å²) in [5, 5.41) is 0. The van der Waals surface area contributed by atoms with E-state index in [2.05, 4.69) is 24.7 Å². The highest BCUT2D eigenvalue weighted by molar-refractivity contribution is 7.89. The van der Waals surface area contributed by atoms with Gasteiger partial charge in [-0.25, -0.2) is 8.42 Å². The minimum absolute atomic E-state index is 0.0786.